The van der Waals surface area contributed by atoms with Crippen LogP contribution in [-0.2, 0) is 14.3 Å². The Bertz CT molecular complexity index is 970. The minimum absolute atomic E-state index is 0.228. The predicted molar refractivity (Wildman–Crippen MR) is 118 cm³/mol. The van der Waals surface area contributed by atoms with Gasteiger partial charge in [-0.15, -0.1) is 0 Å². The second-order valence-corrected chi connectivity index (χ2v) is 9.62. The second-order valence-electron chi connectivity index (χ2n) is 8.77. The summed E-state index contributed by atoms with van der Waals surface area (Å²) < 4.78 is 6.22. The van der Waals surface area contributed by atoms with Crippen molar-refractivity contribution in [2.45, 2.75) is 39.9 Å². The average molecular weight is 450 g/mol. The van der Waals surface area contributed by atoms with E-state index < -0.39 is 30.0 Å². The van der Waals surface area contributed by atoms with Gasteiger partial charge in [-0.25, -0.2) is 0 Å². The monoisotopic (exact) mass is 449 g/mol. The fraction of sp³-hybridized carbons (Fsp3) is 0.391. The van der Waals surface area contributed by atoms with Crippen molar-refractivity contribution in [3.05, 3.63) is 63.6 Å². The van der Waals surface area contributed by atoms with Crippen molar-refractivity contribution in [1.82, 2.24) is 0 Å². The molecule has 5 nitrogen and oxygen atoms in total. The van der Waals surface area contributed by atoms with Crippen LogP contribution in [-0.4, -0.2) is 29.6 Å². The summed E-state index contributed by atoms with van der Waals surface area (Å²) >= 11 is 12.8. The lowest BCUT2D eigenvalue weighted by Gasteiger charge is -2.32. The van der Waals surface area contributed by atoms with E-state index in [0.29, 0.717) is 33.4 Å². The van der Waals surface area contributed by atoms with Gasteiger partial charge in [0, 0.05) is 33.4 Å². The predicted octanol–water partition coefficient (Wildman–Crippen LogP) is 5.58. The third kappa shape index (κ3) is 4.64. The first-order valence-electron chi connectivity index (χ1n) is 9.73. The Kier molecular flexibility index (Phi) is 6.46. The van der Waals surface area contributed by atoms with E-state index in [-0.39, 0.29) is 5.41 Å². The Balaban J connectivity index is 2.25. The van der Waals surface area contributed by atoms with Crippen LogP contribution >= 0.6 is 23.2 Å². The molecule has 3 unspecified atom stereocenters. The summed E-state index contributed by atoms with van der Waals surface area (Å²) in [6, 6.07) is 12.4. The molecule has 1 N–H and O–H groups in total. The van der Waals surface area contributed by atoms with Gasteiger partial charge in [0.2, 0.25) is 0 Å². The number of carbonyl (C=O) groups is 2. The van der Waals surface area contributed by atoms with Gasteiger partial charge in [0.05, 0.1) is 5.92 Å². The number of hydrogen-bond acceptors (Lipinski definition) is 3. The van der Waals surface area contributed by atoms with E-state index in [1.54, 1.807) is 35.2 Å². The molecular weight excluding hydrogens is 425 g/mol. The van der Waals surface area contributed by atoms with Gasteiger partial charge in [-0.3, -0.25) is 9.59 Å². The topological polar surface area (TPSA) is 66.8 Å². The highest BCUT2D eigenvalue weighted by atomic mass is 35.5. The van der Waals surface area contributed by atoms with Gasteiger partial charge in [0.15, 0.2) is 6.10 Å². The van der Waals surface area contributed by atoms with Crippen LogP contribution in [0.5, 0.6) is 0 Å². The summed E-state index contributed by atoms with van der Waals surface area (Å²) in [6.45, 7) is 7.92. The van der Waals surface area contributed by atoms with Crippen molar-refractivity contribution in [3.63, 3.8) is 0 Å². The molecule has 7 heteroatoms. The van der Waals surface area contributed by atoms with Crippen LogP contribution < -0.4 is 4.90 Å². The van der Waals surface area contributed by atoms with Crippen molar-refractivity contribution in [1.29, 1.82) is 0 Å². The smallest absolute Gasteiger partial charge is 0.309 e. The summed E-state index contributed by atoms with van der Waals surface area (Å²) in [6.07, 6.45) is -1.93. The molecule has 1 aliphatic heterocycles. The quantitative estimate of drug-likeness (QED) is 0.660. The minimum Gasteiger partial charge on any atom is -0.481 e. The number of halogens is 2. The summed E-state index contributed by atoms with van der Waals surface area (Å²) in [5.41, 5.74) is 1.74. The van der Waals surface area contributed by atoms with Gasteiger partial charge in [-0.05, 0) is 36.6 Å². The van der Waals surface area contributed by atoms with Crippen LogP contribution in [0.2, 0.25) is 10.0 Å². The lowest BCUT2D eigenvalue weighted by molar-refractivity contribution is -0.154. The van der Waals surface area contributed by atoms with Crippen LogP contribution in [0.4, 0.5) is 5.69 Å². The Morgan fingerprint density at radius 1 is 1.17 bits per heavy atom. The number of fused-ring (bicyclic) bond motifs is 1. The zero-order valence-corrected chi connectivity index (χ0v) is 18.9. The van der Waals surface area contributed by atoms with E-state index >= 15 is 0 Å². The van der Waals surface area contributed by atoms with Crippen LogP contribution in [0.25, 0.3) is 0 Å². The van der Waals surface area contributed by atoms with E-state index in [4.69, 9.17) is 27.9 Å². The number of anilines is 1. The largest absolute Gasteiger partial charge is 0.481 e. The number of carbonyl (C=O) groups excluding carboxylic acids is 1. The summed E-state index contributed by atoms with van der Waals surface area (Å²) in [7, 11) is 0. The summed E-state index contributed by atoms with van der Waals surface area (Å²) in [5.74, 6) is -2.54. The first-order valence-corrected chi connectivity index (χ1v) is 10.5. The number of carboxylic acid groups (broad SMARTS) is 1. The molecule has 2 aromatic rings. The van der Waals surface area contributed by atoms with E-state index in [1.165, 1.54) is 6.92 Å². The number of nitrogens with zero attached hydrogens (tertiary/aromatic N) is 1. The SMILES string of the molecule is CC(C(=O)O)C1OC(c2ccccc2Cl)c2cc(Cl)ccc2N(CC(C)(C)C)C1=O. The van der Waals surface area contributed by atoms with Crippen LogP contribution in [0.3, 0.4) is 0 Å². The van der Waals surface area contributed by atoms with Crippen molar-refractivity contribution in [2.75, 3.05) is 11.4 Å². The zero-order valence-electron chi connectivity index (χ0n) is 17.4. The number of amides is 1. The zero-order chi connectivity index (χ0) is 22.2. The molecule has 30 heavy (non-hydrogen) atoms. The van der Waals surface area contributed by atoms with Crippen molar-refractivity contribution in [3.8, 4) is 0 Å². The van der Waals surface area contributed by atoms with Gasteiger partial charge in [-0.2, -0.15) is 0 Å². The van der Waals surface area contributed by atoms with E-state index in [1.807, 2.05) is 32.9 Å². The third-order valence-corrected chi connectivity index (χ3v) is 5.60. The first-order chi connectivity index (χ1) is 14.0. The molecule has 0 aromatic heterocycles. The molecule has 1 heterocycles. The lowest BCUT2D eigenvalue weighted by Crippen LogP contribution is -2.47. The normalized spacial score (nSPS) is 20.5. The molecule has 0 saturated heterocycles. The average Bonchev–Trinajstić information content (AvgIpc) is 2.76. The lowest BCUT2D eigenvalue weighted by atomic mass is 9.94. The second kappa shape index (κ2) is 8.58. The van der Waals surface area contributed by atoms with E-state index in [2.05, 4.69) is 0 Å². The standard InChI is InChI=1S/C23H25Cl2NO4/c1-13(22(28)29)19-21(27)26(12-23(2,3)4)18-10-9-14(24)11-16(18)20(30-19)15-7-5-6-8-17(15)25/h5-11,13,19-20H,12H2,1-4H3,(H,28,29). The molecule has 1 amide bonds. The molecule has 3 atom stereocenters. The fourth-order valence-corrected chi connectivity index (χ4v) is 3.97. The maximum Gasteiger partial charge on any atom is 0.309 e. The van der Waals surface area contributed by atoms with E-state index in [9.17, 15) is 14.7 Å². The molecule has 1 aliphatic rings. The molecule has 0 radical (unpaired) electrons. The molecule has 0 aliphatic carbocycles. The Morgan fingerprint density at radius 2 is 1.83 bits per heavy atom. The Hall–Kier alpha value is -2.08. The number of hydrogen-bond donors (Lipinski definition) is 1. The molecule has 3 rings (SSSR count). The van der Waals surface area contributed by atoms with Gasteiger partial charge in [-0.1, -0.05) is 62.2 Å². The molecular formula is C23H25Cl2NO4. The molecule has 160 valence electrons. The molecule has 0 fully saturated rings. The van der Waals surface area contributed by atoms with Gasteiger partial charge in [0.25, 0.3) is 5.91 Å². The Morgan fingerprint density at radius 3 is 2.43 bits per heavy atom. The highest BCUT2D eigenvalue weighted by Crippen LogP contribution is 2.43. The number of carboxylic acids is 1. The van der Waals surface area contributed by atoms with Crippen LogP contribution in [0, 0.1) is 11.3 Å². The first kappa shape index (κ1) is 22.6. The van der Waals surface area contributed by atoms with Crippen LogP contribution in [0.1, 0.15) is 44.9 Å². The van der Waals surface area contributed by atoms with Crippen molar-refractivity contribution < 1.29 is 19.4 Å². The number of aliphatic carboxylic acids is 1. The maximum atomic E-state index is 13.6. The molecule has 0 spiro atoms. The molecule has 0 saturated carbocycles. The number of rotatable bonds is 4. The molecule has 2 aromatic carbocycles. The molecule has 0 bridgehead atoms. The number of benzene rings is 2. The van der Waals surface area contributed by atoms with Crippen LogP contribution in [0.15, 0.2) is 42.5 Å². The number of ether oxygens (including phenoxy) is 1. The van der Waals surface area contributed by atoms with Crippen molar-refractivity contribution >= 4 is 40.8 Å². The third-order valence-electron chi connectivity index (χ3n) is 5.02. The van der Waals surface area contributed by atoms with Gasteiger partial charge >= 0.3 is 5.97 Å². The minimum atomic E-state index is -1.18. The summed E-state index contributed by atoms with van der Waals surface area (Å²) in [5, 5.41) is 10.6. The van der Waals surface area contributed by atoms with E-state index in [0.717, 1.165) is 0 Å². The van der Waals surface area contributed by atoms with Crippen molar-refractivity contribution in [2.24, 2.45) is 11.3 Å². The van der Waals surface area contributed by atoms with Gasteiger partial charge in [0.1, 0.15) is 6.10 Å². The highest BCUT2D eigenvalue weighted by molar-refractivity contribution is 6.31. The highest BCUT2D eigenvalue weighted by Gasteiger charge is 2.42. The Labute approximate surface area is 186 Å². The van der Waals surface area contributed by atoms with Gasteiger partial charge < -0.3 is 14.7 Å². The summed E-state index contributed by atoms with van der Waals surface area (Å²) in [4.78, 5) is 27.0. The maximum absolute atomic E-state index is 13.6. The fourth-order valence-electron chi connectivity index (χ4n) is 3.56.